The van der Waals surface area contributed by atoms with Gasteiger partial charge >= 0.3 is 0 Å². The van der Waals surface area contributed by atoms with Crippen molar-refractivity contribution in [2.75, 3.05) is 25.9 Å². The average molecular weight is 187 g/mol. The van der Waals surface area contributed by atoms with Crippen molar-refractivity contribution in [3.05, 3.63) is 0 Å². The first kappa shape index (κ1) is 10.4. The summed E-state index contributed by atoms with van der Waals surface area (Å²) in [5.74, 6) is 3.19. The molecule has 0 N–H and O–H groups in total. The number of rotatable bonds is 3. The van der Waals surface area contributed by atoms with Crippen molar-refractivity contribution in [2.24, 2.45) is 11.8 Å². The van der Waals surface area contributed by atoms with E-state index >= 15 is 0 Å². The van der Waals surface area contributed by atoms with Crippen molar-refractivity contribution < 1.29 is 0 Å². The summed E-state index contributed by atoms with van der Waals surface area (Å²) in [7, 11) is 2.22. The van der Waals surface area contributed by atoms with Crippen molar-refractivity contribution in [3.63, 3.8) is 0 Å². The van der Waals surface area contributed by atoms with Crippen LogP contribution in [0.2, 0.25) is 0 Å². The van der Waals surface area contributed by atoms with Gasteiger partial charge in [-0.2, -0.15) is 11.8 Å². The van der Waals surface area contributed by atoms with Crippen LogP contribution in [0.5, 0.6) is 0 Å². The Morgan fingerprint density at radius 1 is 1.42 bits per heavy atom. The van der Waals surface area contributed by atoms with Crippen molar-refractivity contribution in [1.82, 2.24) is 4.90 Å². The molecule has 0 amide bonds. The van der Waals surface area contributed by atoms with E-state index in [-0.39, 0.29) is 0 Å². The molecule has 0 aliphatic carbocycles. The lowest BCUT2D eigenvalue weighted by Gasteiger charge is -2.22. The fourth-order valence-electron chi connectivity index (χ4n) is 1.60. The highest BCUT2D eigenvalue weighted by Crippen LogP contribution is 2.36. The van der Waals surface area contributed by atoms with E-state index in [9.17, 15) is 0 Å². The van der Waals surface area contributed by atoms with Crippen molar-refractivity contribution in [3.8, 4) is 0 Å². The Labute approximate surface area is 80.9 Å². The molecule has 1 heterocycles. The third kappa shape index (κ3) is 2.40. The van der Waals surface area contributed by atoms with Crippen LogP contribution < -0.4 is 0 Å². The molecule has 0 bridgehead atoms. The zero-order valence-corrected chi connectivity index (χ0v) is 9.53. The summed E-state index contributed by atoms with van der Waals surface area (Å²) in [6.07, 6.45) is 0. The van der Waals surface area contributed by atoms with Gasteiger partial charge in [-0.3, -0.25) is 0 Å². The van der Waals surface area contributed by atoms with Gasteiger partial charge in [0.15, 0.2) is 0 Å². The summed E-state index contributed by atoms with van der Waals surface area (Å²) in [6.45, 7) is 9.46. The first-order valence-corrected chi connectivity index (χ1v) is 6.00. The maximum atomic E-state index is 2.42. The van der Waals surface area contributed by atoms with E-state index in [0.717, 1.165) is 17.1 Å². The molecule has 0 radical (unpaired) electrons. The molecular weight excluding hydrogens is 166 g/mol. The standard InChI is InChI=1S/C10H21NS/c1-5-11(4)6-10-9(3)8(2)7-12-10/h8-10H,5-7H2,1-4H3. The molecule has 3 unspecified atom stereocenters. The summed E-state index contributed by atoms with van der Waals surface area (Å²) in [6, 6.07) is 0. The van der Waals surface area contributed by atoms with Crippen LogP contribution in [0.4, 0.5) is 0 Å². The number of thioether (sulfide) groups is 1. The lowest BCUT2D eigenvalue weighted by molar-refractivity contribution is 0.311. The molecule has 0 aromatic heterocycles. The second-order valence-corrected chi connectivity index (χ2v) is 5.34. The molecule has 1 aliphatic heterocycles. The summed E-state index contributed by atoms with van der Waals surface area (Å²) < 4.78 is 0. The molecule has 1 fully saturated rings. The molecule has 72 valence electrons. The van der Waals surface area contributed by atoms with Gasteiger partial charge in [0.2, 0.25) is 0 Å². The van der Waals surface area contributed by atoms with Crippen LogP contribution in [-0.4, -0.2) is 36.0 Å². The zero-order chi connectivity index (χ0) is 9.14. The predicted octanol–water partition coefficient (Wildman–Crippen LogP) is 2.33. The number of hydrogen-bond acceptors (Lipinski definition) is 2. The predicted molar refractivity (Wildman–Crippen MR) is 57.7 cm³/mol. The monoisotopic (exact) mass is 187 g/mol. The van der Waals surface area contributed by atoms with Crippen molar-refractivity contribution in [2.45, 2.75) is 26.0 Å². The molecule has 0 aromatic rings. The minimum Gasteiger partial charge on any atom is -0.306 e. The highest BCUT2D eigenvalue weighted by atomic mass is 32.2. The summed E-state index contributed by atoms with van der Waals surface area (Å²) >= 11 is 2.16. The summed E-state index contributed by atoms with van der Waals surface area (Å²) in [4.78, 5) is 2.42. The largest absolute Gasteiger partial charge is 0.306 e. The van der Waals surface area contributed by atoms with E-state index < -0.39 is 0 Å². The quantitative estimate of drug-likeness (QED) is 0.667. The Bertz CT molecular complexity index is 138. The molecule has 0 spiro atoms. The van der Waals surface area contributed by atoms with Gasteiger partial charge in [0.1, 0.15) is 0 Å². The minimum absolute atomic E-state index is 0.880. The highest BCUT2D eigenvalue weighted by molar-refractivity contribution is 8.00. The zero-order valence-electron chi connectivity index (χ0n) is 8.71. The Kier molecular flexibility index (Phi) is 3.91. The molecule has 3 atom stereocenters. The van der Waals surface area contributed by atoms with Gasteiger partial charge in [-0.1, -0.05) is 20.8 Å². The molecular formula is C10H21NS. The van der Waals surface area contributed by atoms with Gasteiger partial charge in [0.25, 0.3) is 0 Å². The number of hydrogen-bond donors (Lipinski definition) is 0. The Balaban J connectivity index is 2.33. The van der Waals surface area contributed by atoms with E-state index in [4.69, 9.17) is 0 Å². The normalized spacial score (nSPS) is 36.2. The second kappa shape index (κ2) is 4.52. The molecule has 1 rings (SSSR count). The van der Waals surface area contributed by atoms with Crippen LogP contribution in [0, 0.1) is 11.8 Å². The highest BCUT2D eigenvalue weighted by Gasteiger charge is 2.30. The van der Waals surface area contributed by atoms with E-state index in [1.807, 2.05) is 0 Å². The lowest BCUT2D eigenvalue weighted by atomic mass is 9.94. The maximum absolute atomic E-state index is 2.42. The Hall–Kier alpha value is 0.310. The van der Waals surface area contributed by atoms with E-state index in [1.54, 1.807) is 0 Å². The first-order chi connectivity index (χ1) is 5.65. The van der Waals surface area contributed by atoms with Gasteiger partial charge in [-0.05, 0) is 31.2 Å². The van der Waals surface area contributed by atoms with Crippen molar-refractivity contribution >= 4 is 11.8 Å². The van der Waals surface area contributed by atoms with Crippen LogP contribution in [-0.2, 0) is 0 Å². The first-order valence-electron chi connectivity index (χ1n) is 4.95. The topological polar surface area (TPSA) is 3.24 Å². The van der Waals surface area contributed by atoms with Crippen molar-refractivity contribution in [1.29, 1.82) is 0 Å². The second-order valence-electron chi connectivity index (χ2n) is 4.06. The van der Waals surface area contributed by atoms with Gasteiger partial charge in [-0.15, -0.1) is 0 Å². The average Bonchev–Trinajstić information content (AvgIpc) is 2.36. The maximum Gasteiger partial charge on any atom is 0.0203 e. The Morgan fingerprint density at radius 3 is 2.50 bits per heavy atom. The van der Waals surface area contributed by atoms with Gasteiger partial charge in [0.05, 0.1) is 0 Å². The fraction of sp³-hybridized carbons (Fsp3) is 1.00. The van der Waals surface area contributed by atoms with Crippen LogP contribution in [0.25, 0.3) is 0 Å². The van der Waals surface area contributed by atoms with Crippen LogP contribution in [0.1, 0.15) is 20.8 Å². The minimum atomic E-state index is 0.880. The van der Waals surface area contributed by atoms with E-state index in [2.05, 4.69) is 44.5 Å². The summed E-state index contributed by atoms with van der Waals surface area (Å²) in [5, 5.41) is 0.880. The molecule has 12 heavy (non-hydrogen) atoms. The van der Waals surface area contributed by atoms with E-state index in [1.165, 1.54) is 18.8 Å². The third-order valence-corrected chi connectivity index (χ3v) is 4.81. The molecule has 1 nitrogen and oxygen atoms in total. The molecule has 1 aliphatic rings. The fourth-order valence-corrected chi connectivity index (χ4v) is 3.39. The van der Waals surface area contributed by atoms with Crippen LogP contribution >= 0.6 is 11.8 Å². The Morgan fingerprint density at radius 2 is 2.08 bits per heavy atom. The molecule has 2 heteroatoms. The third-order valence-electron chi connectivity index (χ3n) is 3.09. The van der Waals surface area contributed by atoms with Crippen LogP contribution in [0.15, 0.2) is 0 Å². The van der Waals surface area contributed by atoms with Gasteiger partial charge in [-0.25, -0.2) is 0 Å². The van der Waals surface area contributed by atoms with Crippen LogP contribution in [0.3, 0.4) is 0 Å². The lowest BCUT2D eigenvalue weighted by Crippen LogP contribution is -2.30. The van der Waals surface area contributed by atoms with Gasteiger partial charge in [0, 0.05) is 11.8 Å². The molecule has 1 saturated heterocycles. The molecule has 0 saturated carbocycles. The smallest absolute Gasteiger partial charge is 0.0203 e. The SMILES string of the molecule is CCN(C)CC1SCC(C)C1C. The summed E-state index contributed by atoms with van der Waals surface area (Å²) in [5.41, 5.74) is 0. The molecule has 0 aromatic carbocycles. The van der Waals surface area contributed by atoms with Gasteiger partial charge < -0.3 is 4.90 Å². The number of nitrogens with zero attached hydrogens (tertiary/aromatic N) is 1. The van der Waals surface area contributed by atoms with E-state index in [0.29, 0.717) is 0 Å².